The van der Waals surface area contributed by atoms with Crippen molar-refractivity contribution in [3.8, 4) is 10.6 Å². The van der Waals surface area contributed by atoms with Crippen LogP contribution >= 0.6 is 11.3 Å². The molecule has 1 saturated heterocycles. The topological polar surface area (TPSA) is 62.5 Å². The number of rotatable bonds is 6. The van der Waals surface area contributed by atoms with Crippen LogP contribution in [0.2, 0.25) is 0 Å². The molecule has 1 atom stereocenters. The number of primary amides is 1. The monoisotopic (exact) mass is 344 g/mol. The van der Waals surface area contributed by atoms with Crippen molar-refractivity contribution in [2.75, 3.05) is 26.2 Å². The van der Waals surface area contributed by atoms with Gasteiger partial charge in [0.05, 0.1) is 11.7 Å². The van der Waals surface area contributed by atoms with E-state index >= 15 is 0 Å². The minimum Gasteiger partial charge on any atom is -0.368 e. The highest BCUT2D eigenvalue weighted by Crippen LogP contribution is 2.24. The summed E-state index contributed by atoms with van der Waals surface area (Å²) in [5.41, 5.74) is 7.78. The summed E-state index contributed by atoms with van der Waals surface area (Å²) in [4.78, 5) is 20.9. The van der Waals surface area contributed by atoms with Crippen molar-refractivity contribution in [1.82, 2.24) is 14.8 Å². The lowest BCUT2D eigenvalue weighted by atomic mass is 10.1. The van der Waals surface area contributed by atoms with Crippen LogP contribution in [0.3, 0.4) is 0 Å². The van der Waals surface area contributed by atoms with Crippen molar-refractivity contribution in [2.45, 2.75) is 25.9 Å². The van der Waals surface area contributed by atoms with Gasteiger partial charge in [-0.2, -0.15) is 0 Å². The van der Waals surface area contributed by atoms with E-state index in [1.54, 1.807) is 11.3 Å². The number of nitrogens with zero attached hydrogens (tertiary/aromatic N) is 3. The summed E-state index contributed by atoms with van der Waals surface area (Å²) in [5.74, 6) is -0.210. The van der Waals surface area contributed by atoms with E-state index in [1.807, 2.05) is 25.1 Å². The Labute approximate surface area is 147 Å². The summed E-state index contributed by atoms with van der Waals surface area (Å²) in [6.45, 7) is 6.55. The summed E-state index contributed by atoms with van der Waals surface area (Å²) in [5, 5.41) is 3.22. The first-order valence-corrected chi connectivity index (χ1v) is 9.31. The number of carbonyl (C=O) groups excluding carboxylic acids is 1. The van der Waals surface area contributed by atoms with Gasteiger partial charge in [-0.15, -0.1) is 11.3 Å². The van der Waals surface area contributed by atoms with Crippen molar-refractivity contribution in [1.29, 1.82) is 0 Å². The zero-order valence-electron chi connectivity index (χ0n) is 14.0. The second kappa shape index (κ2) is 7.88. The second-order valence-electron chi connectivity index (χ2n) is 6.15. The Morgan fingerprint density at radius 1 is 1.25 bits per heavy atom. The molecule has 3 rings (SSSR count). The second-order valence-corrected chi connectivity index (χ2v) is 7.01. The molecule has 5 nitrogen and oxygen atoms in total. The fourth-order valence-electron chi connectivity index (χ4n) is 3.19. The zero-order valence-corrected chi connectivity index (χ0v) is 14.8. The Morgan fingerprint density at radius 2 is 1.96 bits per heavy atom. The Bertz CT molecular complexity index is 665. The van der Waals surface area contributed by atoms with Crippen molar-refractivity contribution in [3.63, 3.8) is 0 Å². The Hall–Kier alpha value is -1.76. The van der Waals surface area contributed by atoms with Crippen molar-refractivity contribution in [2.24, 2.45) is 5.73 Å². The molecule has 0 radical (unpaired) electrons. The van der Waals surface area contributed by atoms with Crippen LogP contribution < -0.4 is 5.73 Å². The van der Waals surface area contributed by atoms with Crippen molar-refractivity contribution >= 4 is 17.2 Å². The van der Waals surface area contributed by atoms with Gasteiger partial charge in [-0.3, -0.25) is 14.6 Å². The SMILES string of the molecule is CCC(C(N)=O)N1CCN(Cc2csc(-c3ccccc3)n2)CC1. The fraction of sp³-hybridized carbons (Fsp3) is 0.444. The molecular weight excluding hydrogens is 320 g/mol. The van der Waals surface area contributed by atoms with Gasteiger partial charge in [0.1, 0.15) is 5.01 Å². The first-order chi connectivity index (χ1) is 11.7. The van der Waals surface area contributed by atoms with Crippen LogP contribution in [0.1, 0.15) is 19.0 Å². The number of benzene rings is 1. The quantitative estimate of drug-likeness (QED) is 0.872. The summed E-state index contributed by atoms with van der Waals surface area (Å²) in [6, 6.07) is 10.2. The minimum absolute atomic E-state index is 0.129. The van der Waals surface area contributed by atoms with Gasteiger partial charge in [-0.25, -0.2) is 4.98 Å². The van der Waals surface area contributed by atoms with Gasteiger partial charge in [0.25, 0.3) is 0 Å². The maximum absolute atomic E-state index is 11.5. The minimum atomic E-state index is -0.210. The van der Waals surface area contributed by atoms with Gasteiger partial charge >= 0.3 is 0 Å². The molecule has 1 aliphatic heterocycles. The van der Waals surface area contributed by atoms with E-state index < -0.39 is 0 Å². The average molecular weight is 344 g/mol. The number of hydrogen-bond acceptors (Lipinski definition) is 5. The van der Waals surface area contributed by atoms with Crippen molar-refractivity contribution < 1.29 is 4.79 Å². The van der Waals surface area contributed by atoms with E-state index in [9.17, 15) is 4.79 Å². The highest BCUT2D eigenvalue weighted by atomic mass is 32.1. The molecular formula is C18H24N4OS. The number of nitrogens with two attached hydrogens (primary N) is 1. The predicted molar refractivity (Wildman–Crippen MR) is 97.7 cm³/mol. The molecule has 2 heterocycles. The first-order valence-electron chi connectivity index (χ1n) is 8.43. The molecule has 0 saturated carbocycles. The van der Waals surface area contributed by atoms with Crippen LogP contribution in [-0.2, 0) is 11.3 Å². The zero-order chi connectivity index (χ0) is 16.9. The van der Waals surface area contributed by atoms with Crippen LogP contribution in [0.4, 0.5) is 0 Å². The van der Waals surface area contributed by atoms with Gasteiger partial charge < -0.3 is 5.73 Å². The normalized spacial score (nSPS) is 17.7. The molecule has 1 aromatic carbocycles. The highest BCUT2D eigenvalue weighted by Gasteiger charge is 2.26. The van der Waals surface area contributed by atoms with E-state index in [1.165, 1.54) is 5.56 Å². The molecule has 2 aromatic rings. The largest absolute Gasteiger partial charge is 0.368 e. The molecule has 1 unspecified atom stereocenters. The lowest BCUT2D eigenvalue weighted by molar-refractivity contribution is -0.124. The van der Waals surface area contributed by atoms with E-state index in [2.05, 4.69) is 27.3 Å². The molecule has 1 amide bonds. The van der Waals surface area contributed by atoms with Gasteiger partial charge in [-0.05, 0) is 6.42 Å². The highest BCUT2D eigenvalue weighted by molar-refractivity contribution is 7.13. The number of amides is 1. The van der Waals surface area contributed by atoms with Gasteiger partial charge in [0, 0.05) is 43.7 Å². The van der Waals surface area contributed by atoms with Gasteiger partial charge in [0.2, 0.25) is 5.91 Å². The van der Waals surface area contributed by atoms with E-state index in [-0.39, 0.29) is 11.9 Å². The number of aromatic nitrogens is 1. The molecule has 24 heavy (non-hydrogen) atoms. The predicted octanol–water partition coefficient (Wildman–Crippen LogP) is 2.19. The molecule has 1 aliphatic rings. The van der Waals surface area contributed by atoms with E-state index in [0.717, 1.165) is 49.8 Å². The number of thiazole rings is 1. The standard InChI is InChI=1S/C18H24N4OS/c1-2-16(17(19)23)22-10-8-21(9-11-22)12-15-13-24-18(20-15)14-6-4-3-5-7-14/h3-7,13,16H,2,8-12H2,1H3,(H2,19,23). The van der Waals surface area contributed by atoms with Crippen LogP contribution in [0.15, 0.2) is 35.7 Å². The molecule has 1 aromatic heterocycles. The summed E-state index contributed by atoms with van der Waals surface area (Å²) < 4.78 is 0. The third-order valence-corrected chi connectivity index (χ3v) is 5.46. The molecule has 6 heteroatoms. The molecule has 1 fully saturated rings. The smallest absolute Gasteiger partial charge is 0.234 e. The molecule has 128 valence electrons. The van der Waals surface area contributed by atoms with E-state index in [0.29, 0.717) is 0 Å². The van der Waals surface area contributed by atoms with Crippen molar-refractivity contribution in [3.05, 3.63) is 41.4 Å². The van der Waals surface area contributed by atoms with E-state index in [4.69, 9.17) is 10.7 Å². The number of piperazine rings is 1. The molecule has 0 bridgehead atoms. The Morgan fingerprint density at radius 3 is 2.58 bits per heavy atom. The number of hydrogen-bond donors (Lipinski definition) is 1. The summed E-state index contributed by atoms with van der Waals surface area (Å²) in [6.07, 6.45) is 0.780. The van der Waals surface area contributed by atoms with Gasteiger partial charge in [-0.1, -0.05) is 37.3 Å². The van der Waals surface area contributed by atoms with Crippen LogP contribution in [0.25, 0.3) is 10.6 Å². The molecule has 0 aliphatic carbocycles. The maximum Gasteiger partial charge on any atom is 0.234 e. The number of carbonyl (C=O) groups is 1. The Balaban J connectivity index is 1.55. The summed E-state index contributed by atoms with van der Waals surface area (Å²) in [7, 11) is 0. The third kappa shape index (κ3) is 4.01. The summed E-state index contributed by atoms with van der Waals surface area (Å²) >= 11 is 1.69. The van der Waals surface area contributed by atoms with Crippen LogP contribution in [0.5, 0.6) is 0 Å². The first kappa shape index (κ1) is 17.1. The fourth-order valence-corrected chi connectivity index (χ4v) is 4.01. The van der Waals surface area contributed by atoms with Crippen LogP contribution in [0, 0.1) is 0 Å². The third-order valence-electron chi connectivity index (χ3n) is 4.52. The molecule has 0 spiro atoms. The molecule has 2 N–H and O–H groups in total. The average Bonchev–Trinajstić information content (AvgIpc) is 3.06. The lowest BCUT2D eigenvalue weighted by Gasteiger charge is -2.37. The lowest BCUT2D eigenvalue weighted by Crippen LogP contribution is -2.53. The maximum atomic E-state index is 11.5. The Kier molecular flexibility index (Phi) is 5.60. The van der Waals surface area contributed by atoms with Crippen LogP contribution in [-0.4, -0.2) is 52.9 Å². The van der Waals surface area contributed by atoms with Gasteiger partial charge in [0.15, 0.2) is 0 Å².